The first-order chi connectivity index (χ1) is 16.9. The van der Waals surface area contributed by atoms with Crippen molar-refractivity contribution in [2.24, 2.45) is 7.05 Å². The lowest BCUT2D eigenvalue weighted by Crippen LogP contribution is -2.21. The Balaban J connectivity index is 1.24. The Morgan fingerprint density at radius 2 is 2.06 bits per heavy atom. The molecule has 1 unspecified atom stereocenters. The summed E-state index contributed by atoms with van der Waals surface area (Å²) >= 11 is 5.82. The lowest BCUT2D eigenvalue weighted by atomic mass is 9.97. The summed E-state index contributed by atoms with van der Waals surface area (Å²) in [4.78, 5) is 7.23. The number of hydrogen-bond acceptors (Lipinski definition) is 4. The number of hydrogen-bond donors (Lipinski definition) is 1. The maximum atomic E-state index is 14.0. The zero-order valence-corrected chi connectivity index (χ0v) is 20.3. The van der Waals surface area contributed by atoms with Gasteiger partial charge in [-0.3, -0.25) is 4.90 Å². The SMILES string of the molecule is C=C(O)c1ccc2nc(CN3CCC(c4cccc(COc5ccc(Cl)cc5F)c4)C3)n(C)c2c1. The van der Waals surface area contributed by atoms with E-state index in [0.29, 0.717) is 23.1 Å². The molecule has 1 aromatic heterocycles. The maximum Gasteiger partial charge on any atom is 0.166 e. The molecule has 4 aromatic rings. The minimum absolute atomic E-state index is 0.0583. The molecule has 1 fully saturated rings. The van der Waals surface area contributed by atoms with Crippen LogP contribution < -0.4 is 4.74 Å². The number of ether oxygens (including phenoxy) is 1. The van der Waals surface area contributed by atoms with Crippen LogP contribution in [0.15, 0.2) is 67.2 Å². The van der Waals surface area contributed by atoms with Crippen molar-refractivity contribution in [3.05, 3.63) is 101 Å². The summed E-state index contributed by atoms with van der Waals surface area (Å²) in [5.41, 5.74) is 4.87. The fraction of sp³-hybridized carbons (Fsp3) is 0.250. The summed E-state index contributed by atoms with van der Waals surface area (Å²) in [5, 5.41) is 10.1. The van der Waals surface area contributed by atoms with Crippen LogP contribution in [0.3, 0.4) is 0 Å². The van der Waals surface area contributed by atoms with Crippen molar-refractivity contribution in [1.29, 1.82) is 0 Å². The van der Waals surface area contributed by atoms with Gasteiger partial charge in [-0.15, -0.1) is 0 Å². The minimum atomic E-state index is -0.459. The molecule has 5 rings (SSSR count). The van der Waals surface area contributed by atoms with Crippen LogP contribution in [-0.2, 0) is 20.2 Å². The van der Waals surface area contributed by atoms with Gasteiger partial charge in [0, 0.05) is 24.2 Å². The normalized spacial score (nSPS) is 16.1. The average molecular weight is 492 g/mol. The molecule has 3 aromatic carbocycles. The lowest BCUT2D eigenvalue weighted by Gasteiger charge is -2.16. The van der Waals surface area contributed by atoms with Crippen LogP contribution >= 0.6 is 11.6 Å². The third kappa shape index (κ3) is 5.04. The van der Waals surface area contributed by atoms with Gasteiger partial charge in [0.15, 0.2) is 11.6 Å². The number of halogens is 2. The van der Waals surface area contributed by atoms with Crippen LogP contribution in [0, 0.1) is 5.82 Å². The summed E-state index contributed by atoms with van der Waals surface area (Å²) in [6.07, 6.45) is 1.06. The summed E-state index contributed by atoms with van der Waals surface area (Å²) in [7, 11) is 2.01. The number of aliphatic hydroxyl groups excluding tert-OH is 1. The van der Waals surface area contributed by atoms with Crippen molar-refractivity contribution in [2.45, 2.75) is 25.5 Å². The van der Waals surface area contributed by atoms with E-state index in [2.05, 4.69) is 28.2 Å². The molecule has 1 atom stereocenters. The van der Waals surface area contributed by atoms with Gasteiger partial charge in [-0.05, 0) is 66.4 Å². The van der Waals surface area contributed by atoms with Gasteiger partial charge in [-0.25, -0.2) is 9.37 Å². The van der Waals surface area contributed by atoms with E-state index in [9.17, 15) is 9.50 Å². The van der Waals surface area contributed by atoms with Gasteiger partial charge in [-0.1, -0.05) is 42.4 Å². The monoisotopic (exact) mass is 491 g/mol. The van der Waals surface area contributed by atoms with E-state index in [0.717, 1.165) is 48.5 Å². The topological polar surface area (TPSA) is 50.5 Å². The zero-order chi connectivity index (χ0) is 24.5. The Morgan fingerprint density at radius 1 is 1.20 bits per heavy atom. The van der Waals surface area contributed by atoms with Crippen molar-refractivity contribution in [2.75, 3.05) is 13.1 Å². The Kier molecular flexibility index (Phi) is 6.50. The molecule has 1 N–H and O–H groups in total. The van der Waals surface area contributed by atoms with Crippen molar-refractivity contribution in [3.63, 3.8) is 0 Å². The zero-order valence-electron chi connectivity index (χ0n) is 19.5. The molecule has 0 amide bonds. The van der Waals surface area contributed by atoms with Crippen LogP contribution in [0.5, 0.6) is 5.75 Å². The summed E-state index contributed by atoms with van der Waals surface area (Å²) < 4.78 is 21.8. The van der Waals surface area contributed by atoms with Gasteiger partial charge in [0.05, 0.1) is 17.6 Å². The number of likely N-dealkylation sites (tertiary alicyclic amines) is 1. The van der Waals surface area contributed by atoms with E-state index in [1.807, 2.05) is 37.4 Å². The molecule has 7 heteroatoms. The molecular formula is C28H27ClFN3O2. The Labute approximate surface area is 209 Å². The lowest BCUT2D eigenvalue weighted by molar-refractivity contribution is 0.290. The van der Waals surface area contributed by atoms with Crippen molar-refractivity contribution >= 4 is 28.4 Å². The van der Waals surface area contributed by atoms with Crippen LogP contribution in [0.2, 0.25) is 5.02 Å². The number of fused-ring (bicyclic) bond motifs is 1. The molecule has 2 heterocycles. The van der Waals surface area contributed by atoms with Crippen molar-refractivity contribution in [1.82, 2.24) is 14.5 Å². The molecular weight excluding hydrogens is 465 g/mol. The first kappa shape index (κ1) is 23.4. The number of aromatic nitrogens is 2. The number of rotatable bonds is 7. The third-order valence-corrected chi connectivity index (χ3v) is 6.89. The molecule has 0 bridgehead atoms. The summed E-state index contributed by atoms with van der Waals surface area (Å²) in [6, 6.07) is 18.5. The molecule has 0 spiro atoms. The first-order valence-electron chi connectivity index (χ1n) is 11.6. The highest BCUT2D eigenvalue weighted by molar-refractivity contribution is 6.30. The molecule has 5 nitrogen and oxygen atoms in total. The van der Waals surface area contributed by atoms with Crippen molar-refractivity contribution < 1.29 is 14.2 Å². The van der Waals surface area contributed by atoms with Gasteiger partial charge in [-0.2, -0.15) is 0 Å². The maximum absolute atomic E-state index is 14.0. The predicted octanol–water partition coefficient (Wildman–Crippen LogP) is 6.46. The largest absolute Gasteiger partial charge is 0.508 e. The molecule has 180 valence electrons. The highest BCUT2D eigenvalue weighted by atomic mass is 35.5. The van der Waals surface area contributed by atoms with E-state index >= 15 is 0 Å². The van der Waals surface area contributed by atoms with Crippen LogP contribution in [0.4, 0.5) is 4.39 Å². The molecule has 1 aliphatic rings. The van der Waals surface area contributed by atoms with E-state index < -0.39 is 5.82 Å². The first-order valence-corrected chi connectivity index (χ1v) is 12.0. The van der Waals surface area contributed by atoms with E-state index in [1.54, 1.807) is 12.1 Å². The molecule has 35 heavy (non-hydrogen) atoms. The highest BCUT2D eigenvalue weighted by Crippen LogP contribution is 2.30. The average Bonchev–Trinajstić information content (AvgIpc) is 3.43. The number of imidazole rings is 1. The molecule has 1 aliphatic heterocycles. The Hall–Kier alpha value is -3.35. The highest BCUT2D eigenvalue weighted by Gasteiger charge is 2.25. The molecule has 0 saturated carbocycles. The van der Waals surface area contributed by atoms with Crippen LogP contribution in [0.25, 0.3) is 16.8 Å². The third-order valence-electron chi connectivity index (χ3n) is 6.65. The second-order valence-electron chi connectivity index (χ2n) is 9.07. The fourth-order valence-corrected chi connectivity index (χ4v) is 4.86. The molecule has 0 radical (unpaired) electrons. The quantitative estimate of drug-likeness (QED) is 0.301. The molecule has 0 aliphatic carbocycles. The van der Waals surface area contributed by atoms with Crippen molar-refractivity contribution in [3.8, 4) is 5.75 Å². The van der Waals surface area contributed by atoms with Gasteiger partial charge >= 0.3 is 0 Å². The van der Waals surface area contributed by atoms with E-state index in [-0.39, 0.29) is 11.5 Å². The number of benzene rings is 3. The number of aryl methyl sites for hydroxylation is 1. The minimum Gasteiger partial charge on any atom is -0.508 e. The Bertz CT molecular complexity index is 1400. The standard InChI is InChI=1S/C28H27ClFN3O2/c1-18(34)20-6-8-25-26(13-20)32(2)28(31-25)16-33-11-10-22(15-33)21-5-3-4-19(12-21)17-35-27-9-7-23(29)14-24(27)30/h3-9,12-14,22,34H,1,10-11,15-17H2,2H3. The predicted molar refractivity (Wildman–Crippen MR) is 137 cm³/mol. The second-order valence-corrected chi connectivity index (χ2v) is 9.50. The van der Waals surface area contributed by atoms with Crippen LogP contribution in [-0.4, -0.2) is 32.6 Å². The summed E-state index contributed by atoms with van der Waals surface area (Å²) in [5.74, 6) is 1.21. The van der Waals surface area contributed by atoms with E-state index in [4.69, 9.17) is 21.3 Å². The number of nitrogens with zero attached hydrogens (tertiary/aromatic N) is 3. The van der Waals surface area contributed by atoms with E-state index in [1.165, 1.54) is 11.6 Å². The smallest absolute Gasteiger partial charge is 0.166 e. The van der Waals surface area contributed by atoms with Gasteiger partial charge in [0.1, 0.15) is 18.2 Å². The van der Waals surface area contributed by atoms with Gasteiger partial charge in [0.25, 0.3) is 0 Å². The molecule has 1 saturated heterocycles. The fourth-order valence-electron chi connectivity index (χ4n) is 4.70. The number of aliphatic hydroxyl groups is 1. The van der Waals surface area contributed by atoms with Crippen LogP contribution in [0.1, 0.15) is 34.9 Å². The van der Waals surface area contributed by atoms with Gasteiger partial charge < -0.3 is 14.4 Å². The summed E-state index contributed by atoms with van der Waals surface area (Å²) in [6.45, 7) is 6.61. The Morgan fingerprint density at radius 3 is 2.86 bits per heavy atom. The van der Waals surface area contributed by atoms with Gasteiger partial charge in [0.2, 0.25) is 0 Å². The second kappa shape index (κ2) is 9.72.